The second-order valence-corrected chi connectivity index (χ2v) is 5.83. The standard InChI is InChI=1S/C15H21F3N2.ClH/c1-20(2)14-9-11(6-7-13(14)19)10-4-3-5-12(8-10)15(16,17)18;/h3-5,8,11,13-14H,6-7,9,19H2,1-2H3;1H/t11-,13-,14-;/m0./s1. The Labute approximate surface area is 129 Å². The van der Waals surface area contributed by atoms with Crippen molar-refractivity contribution in [1.82, 2.24) is 4.90 Å². The number of nitrogens with two attached hydrogens (primary N) is 1. The first-order valence-electron chi connectivity index (χ1n) is 6.88. The van der Waals surface area contributed by atoms with Crippen LogP contribution in [0.5, 0.6) is 0 Å². The Bertz CT molecular complexity index is 462. The predicted molar refractivity (Wildman–Crippen MR) is 80.7 cm³/mol. The maximum atomic E-state index is 12.8. The number of hydrogen-bond acceptors (Lipinski definition) is 2. The minimum absolute atomic E-state index is 0. The molecule has 120 valence electrons. The van der Waals surface area contributed by atoms with Crippen molar-refractivity contribution < 1.29 is 13.2 Å². The molecule has 1 fully saturated rings. The van der Waals surface area contributed by atoms with Crippen LogP contribution in [0.4, 0.5) is 13.2 Å². The quantitative estimate of drug-likeness (QED) is 0.900. The molecular formula is C15H22ClF3N2. The van der Waals surface area contributed by atoms with Gasteiger partial charge in [-0.25, -0.2) is 0 Å². The molecule has 0 heterocycles. The third-order valence-electron chi connectivity index (χ3n) is 4.22. The fraction of sp³-hybridized carbons (Fsp3) is 0.600. The molecule has 0 radical (unpaired) electrons. The highest BCUT2D eigenvalue weighted by Crippen LogP contribution is 2.37. The lowest BCUT2D eigenvalue weighted by molar-refractivity contribution is -0.137. The zero-order valence-corrected chi connectivity index (χ0v) is 13.0. The largest absolute Gasteiger partial charge is 0.416 e. The molecule has 1 aliphatic rings. The fourth-order valence-electron chi connectivity index (χ4n) is 3.04. The molecule has 1 aromatic rings. The zero-order valence-electron chi connectivity index (χ0n) is 12.2. The van der Waals surface area contributed by atoms with Gasteiger partial charge in [-0.3, -0.25) is 0 Å². The van der Waals surface area contributed by atoms with Crippen molar-refractivity contribution in [3.63, 3.8) is 0 Å². The van der Waals surface area contributed by atoms with Crippen LogP contribution in [0.2, 0.25) is 0 Å². The van der Waals surface area contributed by atoms with E-state index in [-0.39, 0.29) is 30.4 Å². The molecule has 2 rings (SSSR count). The van der Waals surface area contributed by atoms with Crippen LogP contribution in [0.25, 0.3) is 0 Å². The molecule has 0 unspecified atom stereocenters. The first-order valence-corrected chi connectivity index (χ1v) is 6.88. The van der Waals surface area contributed by atoms with E-state index in [2.05, 4.69) is 4.90 Å². The Balaban J connectivity index is 0.00000220. The molecule has 0 aliphatic heterocycles. The minimum Gasteiger partial charge on any atom is -0.326 e. The first-order chi connectivity index (χ1) is 9.29. The van der Waals surface area contributed by atoms with E-state index in [4.69, 9.17) is 5.73 Å². The van der Waals surface area contributed by atoms with Crippen LogP contribution in [0.1, 0.15) is 36.3 Å². The summed E-state index contributed by atoms with van der Waals surface area (Å²) in [5.41, 5.74) is 6.31. The zero-order chi connectivity index (χ0) is 14.9. The van der Waals surface area contributed by atoms with Gasteiger partial charge in [-0.15, -0.1) is 12.4 Å². The molecule has 0 spiro atoms. The summed E-state index contributed by atoms with van der Waals surface area (Å²) in [6.07, 6.45) is -1.76. The van der Waals surface area contributed by atoms with Crippen LogP contribution in [0.3, 0.4) is 0 Å². The minimum atomic E-state index is -4.28. The highest BCUT2D eigenvalue weighted by atomic mass is 35.5. The van der Waals surface area contributed by atoms with Gasteiger partial charge in [-0.1, -0.05) is 18.2 Å². The van der Waals surface area contributed by atoms with Gasteiger partial charge < -0.3 is 10.6 Å². The highest BCUT2D eigenvalue weighted by Gasteiger charge is 2.33. The van der Waals surface area contributed by atoms with Gasteiger partial charge >= 0.3 is 6.18 Å². The summed E-state index contributed by atoms with van der Waals surface area (Å²) in [6, 6.07) is 6.03. The molecule has 0 saturated heterocycles. The van der Waals surface area contributed by atoms with Gasteiger partial charge in [0.2, 0.25) is 0 Å². The lowest BCUT2D eigenvalue weighted by Crippen LogP contribution is -2.47. The van der Waals surface area contributed by atoms with Gasteiger partial charge in [0, 0.05) is 12.1 Å². The molecule has 0 aromatic heterocycles. The average molecular weight is 323 g/mol. The van der Waals surface area contributed by atoms with Crippen molar-refractivity contribution in [3.05, 3.63) is 35.4 Å². The Morgan fingerprint density at radius 1 is 1.19 bits per heavy atom. The summed E-state index contributed by atoms with van der Waals surface area (Å²) in [5, 5.41) is 0. The number of benzene rings is 1. The van der Waals surface area contributed by atoms with Gasteiger partial charge in [-0.2, -0.15) is 13.2 Å². The molecule has 3 atom stereocenters. The van der Waals surface area contributed by atoms with E-state index in [0.29, 0.717) is 0 Å². The number of hydrogen-bond donors (Lipinski definition) is 1. The van der Waals surface area contributed by atoms with Gasteiger partial charge in [0.1, 0.15) is 0 Å². The van der Waals surface area contributed by atoms with Crippen LogP contribution >= 0.6 is 12.4 Å². The summed E-state index contributed by atoms with van der Waals surface area (Å²) in [5.74, 6) is 0.157. The predicted octanol–water partition coefficient (Wildman–Crippen LogP) is 3.65. The first kappa shape index (κ1) is 18.3. The number of nitrogens with zero attached hydrogens (tertiary/aromatic N) is 1. The Morgan fingerprint density at radius 2 is 1.86 bits per heavy atom. The molecule has 1 aliphatic carbocycles. The van der Waals surface area contributed by atoms with Gasteiger partial charge in [0.25, 0.3) is 0 Å². The highest BCUT2D eigenvalue weighted by molar-refractivity contribution is 5.85. The number of rotatable bonds is 2. The van der Waals surface area contributed by atoms with Gasteiger partial charge in [-0.05, 0) is 50.9 Å². The van der Waals surface area contributed by atoms with Crippen LogP contribution in [0, 0.1) is 0 Å². The number of halogens is 4. The lowest BCUT2D eigenvalue weighted by Gasteiger charge is -2.38. The number of likely N-dealkylation sites (N-methyl/N-ethyl adjacent to an activating group) is 1. The van der Waals surface area contributed by atoms with E-state index in [1.807, 2.05) is 14.1 Å². The van der Waals surface area contributed by atoms with Crippen molar-refractivity contribution in [1.29, 1.82) is 0 Å². The van der Waals surface area contributed by atoms with E-state index in [1.54, 1.807) is 6.07 Å². The second kappa shape index (κ2) is 6.99. The van der Waals surface area contributed by atoms with E-state index in [1.165, 1.54) is 12.1 Å². The van der Waals surface area contributed by atoms with Crippen molar-refractivity contribution >= 4 is 12.4 Å². The lowest BCUT2D eigenvalue weighted by atomic mass is 9.78. The molecule has 0 bridgehead atoms. The Kier molecular flexibility index (Phi) is 6.08. The third kappa shape index (κ3) is 4.34. The summed E-state index contributed by atoms with van der Waals surface area (Å²) < 4.78 is 38.3. The second-order valence-electron chi connectivity index (χ2n) is 5.83. The van der Waals surface area contributed by atoms with E-state index in [9.17, 15) is 13.2 Å². The summed E-state index contributed by atoms with van der Waals surface area (Å²) in [7, 11) is 3.94. The molecule has 1 aromatic carbocycles. The monoisotopic (exact) mass is 322 g/mol. The number of alkyl halides is 3. The molecular weight excluding hydrogens is 301 g/mol. The van der Waals surface area contributed by atoms with Crippen LogP contribution in [-0.4, -0.2) is 31.1 Å². The van der Waals surface area contributed by atoms with Crippen molar-refractivity contribution in [2.75, 3.05) is 14.1 Å². The Morgan fingerprint density at radius 3 is 2.43 bits per heavy atom. The van der Waals surface area contributed by atoms with Crippen molar-refractivity contribution in [2.45, 2.75) is 43.4 Å². The maximum absolute atomic E-state index is 12.8. The molecule has 21 heavy (non-hydrogen) atoms. The fourth-order valence-corrected chi connectivity index (χ4v) is 3.04. The Hall–Kier alpha value is -0.780. The smallest absolute Gasteiger partial charge is 0.326 e. The summed E-state index contributed by atoms with van der Waals surface area (Å²) >= 11 is 0. The van der Waals surface area contributed by atoms with Gasteiger partial charge in [0.05, 0.1) is 5.56 Å². The van der Waals surface area contributed by atoms with E-state index in [0.717, 1.165) is 30.9 Å². The summed E-state index contributed by atoms with van der Waals surface area (Å²) in [6.45, 7) is 0. The molecule has 6 heteroatoms. The molecule has 2 N–H and O–H groups in total. The van der Waals surface area contributed by atoms with E-state index >= 15 is 0 Å². The molecule has 1 saturated carbocycles. The molecule has 2 nitrogen and oxygen atoms in total. The van der Waals surface area contributed by atoms with Crippen LogP contribution in [-0.2, 0) is 6.18 Å². The van der Waals surface area contributed by atoms with E-state index < -0.39 is 11.7 Å². The normalized spacial score (nSPS) is 26.5. The third-order valence-corrected chi connectivity index (χ3v) is 4.22. The maximum Gasteiger partial charge on any atom is 0.416 e. The van der Waals surface area contributed by atoms with Gasteiger partial charge in [0.15, 0.2) is 0 Å². The average Bonchev–Trinajstić information content (AvgIpc) is 2.38. The SMILES string of the molecule is CN(C)[C@H]1C[C@@H](c2cccc(C(F)(F)F)c2)CC[C@@H]1N.Cl. The van der Waals surface area contributed by atoms with Crippen molar-refractivity contribution in [3.8, 4) is 0 Å². The summed E-state index contributed by atoms with van der Waals surface area (Å²) in [4.78, 5) is 2.07. The van der Waals surface area contributed by atoms with Crippen LogP contribution < -0.4 is 5.73 Å². The van der Waals surface area contributed by atoms with Crippen molar-refractivity contribution in [2.24, 2.45) is 5.73 Å². The van der Waals surface area contributed by atoms with Crippen LogP contribution in [0.15, 0.2) is 24.3 Å². The topological polar surface area (TPSA) is 29.3 Å². The molecule has 0 amide bonds.